The largest absolute Gasteiger partial charge is 0.494 e. The van der Waals surface area contributed by atoms with E-state index in [1.807, 2.05) is 25.1 Å². The van der Waals surface area contributed by atoms with Crippen molar-refractivity contribution >= 4 is 17.4 Å². The number of hydrogen-bond donors (Lipinski definition) is 0. The molecule has 22 heavy (non-hydrogen) atoms. The topological polar surface area (TPSA) is 55.8 Å². The van der Waals surface area contributed by atoms with Gasteiger partial charge in [0.2, 0.25) is 5.91 Å². The van der Waals surface area contributed by atoms with Gasteiger partial charge in [0.05, 0.1) is 12.3 Å². The number of carbonyl (C=O) groups excluding carboxylic acids is 2. The normalized spacial score (nSPS) is 18.2. The van der Waals surface area contributed by atoms with Crippen molar-refractivity contribution in [1.29, 1.82) is 0 Å². The molecule has 1 aliphatic heterocycles. The van der Waals surface area contributed by atoms with Crippen LogP contribution in [0.4, 0.5) is 5.69 Å². The summed E-state index contributed by atoms with van der Waals surface area (Å²) in [6.07, 6.45) is 6.18. The number of anilines is 1. The van der Waals surface area contributed by atoms with Crippen molar-refractivity contribution in [3.63, 3.8) is 0 Å². The monoisotopic (exact) mass is 299 g/mol. The van der Waals surface area contributed by atoms with Crippen molar-refractivity contribution in [2.45, 2.75) is 12.3 Å². The van der Waals surface area contributed by atoms with E-state index in [0.717, 1.165) is 11.3 Å². The van der Waals surface area contributed by atoms with Crippen LogP contribution in [-0.4, -0.2) is 32.1 Å². The lowest BCUT2D eigenvalue weighted by atomic mass is 9.78. The highest BCUT2D eigenvalue weighted by atomic mass is 16.5. The Labute approximate surface area is 128 Å². The van der Waals surface area contributed by atoms with E-state index in [-0.39, 0.29) is 18.4 Å². The maximum atomic E-state index is 12.9. The number of amides is 1. The van der Waals surface area contributed by atoms with Crippen molar-refractivity contribution in [1.82, 2.24) is 0 Å². The minimum atomic E-state index is -0.950. The fraction of sp³-hybridized carbons (Fsp3) is 0.294. The third-order valence-electron chi connectivity index (χ3n) is 3.89. The number of nitrogens with zero attached hydrogens (tertiary/aromatic N) is 1. The van der Waals surface area contributed by atoms with Crippen LogP contribution in [0.1, 0.15) is 12.5 Å². The number of allylic oxidation sites excluding steroid dienone is 2. The molecule has 1 heterocycles. The van der Waals surface area contributed by atoms with Gasteiger partial charge in [0.25, 0.3) is 0 Å². The maximum Gasteiger partial charge on any atom is 0.247 e. The molecule has 5 heteroatoms. The summed E-state index contributed by atoms with van der Waals surface area (Å²) >= 11 is 0. The van der Waals surface area contributed by atoms with Gasteiger partial charge in [-0.1, -0.05) is 12.2 Å². The SMILES string of the molecule is CCOc1ccc2c(c1)C1(C=CC(=O)C=C1)C(=O)N2COC. The second-order valence-corrected chi connectivity index (χ2v) is 5.20. The van der Waals surface area contributed by atoms with E-state index >= 15 is 0 Å². The minimum absolute atomic E-state index is 0.119. The Bertz CT molecular complexity index is 674. The molecule has 1 amide bonds. The summed E-state index contributed by atoms with van der Waals surface area (Å²) in [5.41, 5.74) is 0.633. The molecule has 0 bridgehead atoms. The fourth-order valence-electron chi connectivity index (χ4n) is 2.90. The van der Waals surface area contributed by atoms with Gasteiger partial charge in [-0.2, -0.15) is 0 Å². The predicted octanol–water partition coefficient (Wildman–Crippen LogP) is 1.97. The van der Waals surface area contributed by atoms with Crippen LogP contribution >= 0.6 is 0 Å². The molecule has 0 N–H and O–H groups in total. The molecule has 1 aromatic rings. The lowest BCUT2D eigenvalue weighted by molar-refractivity contribution is -0.121. The number of rotatable bonds is 4. The predicted molar refractivity (Wildman–Crippen MR) is 81.9 cm³/mol. The van der Waals surface area contributed by atoms with E-state index in [1.54, 1.807) is 24.2 Å². The van der Waals surface area contributed by atoms with Crippen LogP contribution in [0.5, 0.6) is 5.75 Å². The van der Waals surface area contributed by atoms with Gasteiger partial charge in [-0.15, -0.1) is 0 Å². The number of fused-ring (bicyclic) bond motifs is 2. The summed E-state index contributed by atoms with van der Waals surface area (Å²) in [6, 6.07) is 5.54. The summed E-state index contributed by atoms with van der Waals surface area (Å²) in [7, 11) is 1.54. The lowest BCUT2D eigenvalue weighted by Gasteiger charge is -2.23. The van der Waals surface area contributed by atoms with Crippen molar-refractivity contribution < 1.29 is 19.1 Å². The quantitative estimate of drug-likeness (QED) is 0.853. The highest BCUT2D eigenvalue weighted by Crippen LogP contribution is 2.46. The van der Waals surface area contributed by atoms with Crippen LogP contribution < -0.4 is 9.64 Å². The Hall–Kier alpha value is -2.40. The molecule has 3 rings (SSSR count). The summed E-state index contributed by atoms with van der Waals surface area (Å²) < 4.78 is 10.7. The van der Waals surface area contributed by atoms with Crippen LogP contribution in [0, 0.1) is 0 Å². The molecule has 0 atom stereocenters. The van der Waals surface area contributed by atoms with E-state index in [2.05, 4.69) is 0 Å². The van der Waals surface area contributed by atoms with Crippen molar-refractivity contribution in [2.24, 2.45) is 0 Å². The number of carbonyl (C=O) groups is 2. The highest BCUT2D eigenvalue weighted by Gasteiger charge is 2.48. The first-order valence-electron chi connectivity index (χ1n) is 7.13. The molecule has 0 unspecified atom stereocenters. The maximum absolute atomic E-state index is 12.9. The first-order chi connectivity index (χ1) is 10.6. The highest BCUT2D eigenvalue weighted by molar-refractivity contribution is 6.14. The molecule has 2 aliphatic rings. The Morgan fingerprint density at radius 1 is 1.18 bits per heavy atom. The molecule has 0 radical (unpaired) electrons. The number of methoxy groups -OCH3 is 1. The summed E-state index contributed by atoms with van der Waals surface area (Å²) in [6.45, 7) is 2.62. The van der Waals surface area contributed by atoms with E-state index in [1.165, 1.54) is 12.2 Å². The molecule has 0 aromatic heterocycles. The van der Waals surface area contributed by atoms with Gasteiger partial charge in [-0.25, -0.2) is 0 Å². The van der Waals surface area contributed by atoms with E-state index in [4.69, 9.17) is 9.47 Å². The second-order valence-electron chi connectivity index (χ2n) is 5.20. The van der Waals surface area contributed by atoms with Gasteiger partial charge < -0.3 is 9.47 Å². The van der Waals surface area contributed by atoms with Gasteiger partial charge in [0.1, 0.15) is 17.9 Å². The third kappa shape index (κ3) is 2.05. The standard InChI is InChI=1S/C17H17NO4/c1-3-22-13-4-5-15-14(10-13)17(8-6-12(19)7-9-17)16(20)18(15)11-21-2/h4-10H,3,11H2,1-2H3. The number of benzene rings is 1. The Morgan fingerprint density at radius 3 is 2.55 bits per heavy atom. The minimum Gasteiger partial charge on any atom is -0.494 e. The van der Waals surface area contributed by atoms with E-state index in [9.17, 15) is 9.59 Å². The Balaban J connectivity index is 2.15. The number of hydrogen-bond acceptors (Lipinski definition) is 4. The summed E-state index contributed by atoms with van der Waals surface area (Å²) in [4.78, 5) is 25.9. The Kier molecular flexibility index (Phi) is 3.58. The van der Waals surface area contributed by atoms with Crippen molar-refractivity contribution in [2.75, 3.05) is 25.3 Å². The van der Waals surface area contributed by atoms with Gasteiger partial charge in [0, 0.05) is 12.7 Å². The van der Waals surface area contributed by atoms with E-state index < -0.39 is 5.41 Å². The van der Waals surface area contributed by atoms with Crippen LogP contribution in [0.2, 0.25) is 0 Å². The zero-order chi connectivity index (χ0) is 15.7. The van der Waals surface area contributed by atoms with Crippen LogP contribution in [0.3, 0.4) is 0 Å². The zero-order valence-corrected chi connectivity index (χ0v) is 12.5. The van der Waals surface area contributed by atoms with Crippen molar-refractivity contribution in [3.05, 3.63) is 48.1 Å². The second kappa shape index (κ2) is 5.42. The van der Waals surface area contributed by atoms with E-state index in [0.29, 0.717) is 12.4 Å². The molecule has 1 spiro atoms. The number of ether oxygens (including phenoxy) is 2. The molecular formula is C17H17NO4. The average Bonchev–Trinajstić information content (AvgIpc) is 2.74. The molecule has 0 saturated carbocycles. The zero-order valence-electron chi connectivity index (χ0n) is 12.5. The Morgan fingerprint density at radius 2 is 1.91 bits per heavy atom. The van der Waals surface area contributed by atoms with Gasteiger partial charge in [-0.05, 0) is 37.3 Å². The summed E-state index contributed by atoms with van der Waals surface area (Å²) in [5.74, 6) is 0.454. The van der Waals surface area contributed by atoms with Crippen LogP contribution in [-0.2, 0) is 19.7 Å². The van der Waals surface area contributed by atoms with Crippen LogP contribution in [0.25, 0.3) is 0 Å². The molecule has 0 fully saturated rings. The molecule has 5 nitrogen and oxygen atoms in total. The third-order valence-corrected chi connectivity index (χ3v) is 3.89. The first kappa shape index (κ1) is 14.5. The smallest absolute Gasteiger partial charge is 0.247 e. The average molecular weight is 299 g/mol. The first-order valence-corrected chi connectivity index (χ1v) is 7.13. The molecule has 1 aliphatic carbocycles. The van der Waals surface area contributed by atoms with Gasteiger partial charge >= 0.3 is 0 Å². The number of ketones is 1. The molecule has 1 aromatic carbocycles. The van der Waals surface area contributed by atoms with Gasteiger partial charge in [-0.3, -0.25) is 14.5 Å². The molecule has 0 saturated heterocycles. The molecule has 114 valence electrons. The van der Waals surface area contributed by atoms with Crippen molar-refractivity contribution in [3.8, 4) is 5.75 Å². The lowest BCUT2D eigenvalue weighted by Crippen LogP contribution is -2.39. The van der Waals surface area contributed by atoms with Crippen LogP contribution in [0.15, 0.2) is 42.5 Å². The van der Waals surface area contributed by atoms with Gasteiger partial charge in [0.15, 0.2) is 5.78 Å². The summed E-state index contributed by atoms with van der Waals surface area (Å²) in [5, 5.41) is 0. The fourth-order valence-corrected chi connectivity index (χ4v) is 2.90. The molecular weight excluding hydrogens is 282 g/mol.